The summed E-state index contributed by atoms with van der Waals surface area (Å²) in [6.45, 7) is 3.99. The summed E-state index contributed by atoms with van der Waals surface area (Å²) in [4.78, 5) is 6.84. The van der Waals surface area contributed by atoms with E-state index in [1.165, 1.54) is 0 Å². The van der Waals surface area contributed by atoms with Crippen LogP contribution in [0.25, 0.3) is 0 Å². The van der Waals surface area contributed by atoms with Crippen molar-refractivity contribution in [2.75, 3.05) is 31.1 Å². The molecule has 0 saturated carbocycles. The Labute approximate surface area is 113 Å². The predicted octanol–water partition coefficient (Wildman–Crippen LogP) is 2.28. The number of hydrogen-bond acceptors (Lipinski definition) is 4. The van der Waals surface area contributed by atoms with E-state index < -0.39 is 0 Å². The van der Waals surface area contributed by atoms with Gasteiger partial charge in [-0.3, -0.25) is 0 Å². The summed E-state index contributed by atoms with van der Waals surface area (Å²) in [5.74, 6) is 2.43. The van der Waals surface area contributed by atoms with Gasteiger partial charge in [0.05, 0.1) is 0 Å². The molecule has 1 fully saturated rings. The van der Waals surface area contributed by atoms with Gasteiger partial charge < -0.3 is 15.0 Å². The molecule has 4 nitrogen and oxygen atoms in total. The van der Waals surface area contributed by atoms with Crippen LogP contribution in [0.2, 0.25) is 0 Å². The van der Waals surface area contributed by atoms with Crippen molar-refractivity contribution in [1.82, 2.24) is 10.3 Å². The van der Waals surface area contributed by atoms with E-state index in [2.05, 4.69) is 15.2 Å². The quantitative estimate of drug-likeness (QED) is 0.913. The summed E-state index contributed by atoms with van der Waals surface area (Å²) < 4.78 is 5.76. The summed E-state index contributed by atoms with van der Waals surface area (Å²) in [5.41, 5.74) is 0. The van der Waals surface area contributed by atoms with Gasteiger partial charge in [-0.05, 0) is 18.2 Å². The van der Waals surface area contributed by atoms with Crippen LogP contribution in [-0.4, -0.2) is 31.2 Å². The minimum absolute atomic E-state index is 0.641. The number of pyridine rings is 1. The first-order valence-electron chi connectivity index (χ1n) is 6.57. The van der Waals surface area contributed by atoms with Crippen molar-refractivity contribution >= 4 is 5.82 Å². The largest absolute Gasteiger partial charge is 0.439 e. The Hall–Kier alpha value is -2.07. The molecule has 1 aliphatic heterocycles. The van der Waals surface area contributed by atoms with Gasteiger partial charge in [-0.25, -0.2) is 0 Å². The molecule has 2 aromatic rings. The van der Waals surface area contributed by atoms with Crippen LogP contribution in [-0.2, 0) is 0 Å². The normalized spacial score (nSPS) is 15.3. The maximum atomic E-state index is 5.76. The highest BCUT2D eigenvalue weighted by Gasteiger charge is 2.12. The fraction of sp³-hybridized carbons (Fsp3) is 0.267. The third kappa shape index (κ3) is 3.03. The Balaban J connectivity index is 1.76. The number of hydrogen-bond donors (Lipinski definition) is 1. The molecule has 0 amide bonds. The zero-order valence-electron chi connectivity index (χ0n) is 10.7. The van der Waals surface area contributed by atoms with E-state index in [1.54, 1.807) is 0 Å². The smallest absolute Gasteiger partial charge is 0.221 e. The molecule has 3 rings (SSSR count). The second-order valence-corrected chi connectivity index (χ2v) is 4.49. The Kier molecular flexibility index (Phi) is 3.61. The van der Waals surface area contributed by atoms with E-state index in [1.807, 2.05) is 48.5 Å². The first-order valence-corrected chi connectivity index (χ1v) is 6.57. The molecule has 0 radical (unpaired) electrons. The van der Waals surface area contributed by atoms with Crippen molar-refractivity contribution in [3.05, 3.63) is 48.5 Å². The molecule has 98 valence electrons. The molecule has 1 aliphatic rings. The van der Waals surface area contributed by atoms with Gasteiger partial charge in [-0.15, -0.1) is 0 Å². The molecule has 0 aliphatic carbocycles. The van der Waals surface area contributed by atoms with Crippen molar-refractivity contribution in [2.24, 2.45) is 0 Å². The first kappa shape index (κ1) is 12.0. The Morgan fingerprint density at radius 2 is 1.74 bits per heavy atom. The highest BCUT2D eigenvalue weighted by molar-refractivity contribution is 5.42. The zero-order valence-corrected chi connectivity index (χ0v) is 10.7. The molecule has 4 heteroatoms. The summed E-state index contributed by atoms with van der Waals surface area (Å²) >= 11 is 0. The van der Waals surface area contributed by atoms with Crippen LogP contribution in [0.4, 0.5) is 5.82 Å². The fourth-order valence-electron chi connectivity index (χ4n) is 2.14. The molecule has 1 saturated heterocycles. The van der Waals surface area contributed by atoms with Gasteiger partial charge in [-0.2, -0.15) is 4.98 Å². The van der Waals surface area contributed by atoms with E-state index in [-0.39, 0.29) is 0 Å². The molecular formula is C15H17N3O. The average molecular weight is 255 g/mol. The topological polar surface area (TPSA) is 37.4 Å². The molecule has 0 bridgehead atoms. The number of aromatic nitrogens is 1. The standard InChI is InChI=1S/C15H17N3O/c1-2-5-13(6-3-1)19-15-8-4-7-14(17-15)18-11-9-16-10-12-18/h1-8,16H,9-12H2. The number of benzene rings is 1. The van der Waals surface area contributed by atoms with Crippen LogP contribution in [0, 0.1) is 0 Å². The van der Waals surface area contributed by atoms with Crippen LogP contribution >= 0.6 is 0 Å². The summed E-state index contributed by atoms with van der Waals surface area (Å²) in [7, 11) is 0. The monoisotopic (exact) mass is 255 g/mol. The maximum absolute atomic E-state index is 5.76. The van der Waals surface area contributed by atoms with Crippen molar-refractivity contribution in [1.29, 1.82) is 0 Å². The number of ether oxygens (including phenoxy) is 1. The third-order valence-electron chi connectivity index (χ3n) is 3.12. The number of anilines is 1. The molecule has 19 heavy (non-hydrogen) atoms. The van der Waals surface area contributed by atoms with Crippen LogP contribution in [0.5, 0.6) is 11.6 Å². The fourth-order valence-corrected chi connectivity index (χ4v) is 2.14. The van der Waals surface area contributed by atoms with E-state index in [4.69, 9.17) is 4.74 Å². The molecule has 1 N–H and O–H groups in total. The van der Waals surface area contributed by atoms with Crippen molar-refractivity contribution in [3.63, 3.8) is 0 Å². The van der Waals surface area contributed by atoms with E-state index in [0.29, 0.717) is 5.88 Å². The molecule has 0 atom stereocenters. The minimum atomic E-state index is 0.641. The molecule has 2 heterocycles. The number of nitrogens with zero attached hydrogens (tertiary/aromatic N) is 2. The highest BCUT2D eigenvalue weighted by atomic mass is 16.5. The SMILES string of the molecule is c1ccc(Oc2cccc(N3CCNCC3)n2)cc1. The number of piperazine rings is 1. The van der Waals surface area contributed by atoms with Gasteiger partial charge in [0, 0.05) is 32.2 Å². The highest BCUT2D eigenvalue weighted by Crippen LogP contribution is 2.21. The number of nitrogens with one attached hydrogen (secondary N) is 1. The van der Waals surface area contributed by atoms with Gasteiger partial charge >= 0.3 is 0 Å². The molecule has 0 spiro atoms. The Morgan fingerprint density at radius 3 is 2.53 bits per heavy atom. The maximum Gasteiger partial charge on any atom is 0.221 e. The minimum Gasteiger partial charge on any atom is -0.439 e. The van der Waals surface area contributed by atoms with Gasteiger partial charge in [0.2, 0.25) is 5.88 Å². The third-order valence-corrected chi connectivity index (χ3v) is 3.12. The number of rotatable bonds is 3. The molecule has 0 unspecified atom stereocenters. The van der Waals surface area contributed by atoms with Crippen molar-refractivity contribution in [3.8, 4) is 11.6 Å². The van der Waals surface area contributed by atoms with Crippen LogP contribution in [0.3, 0.4) is 0 Å². The van der Waals surface area contributed by atoms with E-state index in [0.717, 1.165) is 37.7 Å². The molecule has 1 aromatic heterocycles. The average Bonchev–Trinajstić information content (AvgIpc) is 2.49. The predicted molar refractivity (Wildman–Crippen MR) is 75.8 cm³/mol. The molecular weight excluding hydrogens is 238 g/mol. The van der Waals surface area contributed by atoms with Gasteiger partial charge in [0.15, 0.2) is 0 Å². The van der Waals surface area contributed by atoms with E-state index in [9.17, 15) is 0 Å². The lowest BCUT2D eigenvalue weighted by molar-refractivity contribution is 0.461. The van der Waals surface area contributed by atoms with Crippen molar-refractivity contribution < 1.29 is 4.74 Å². The lowest BCUT2D eigenvalue weighted by Crippen LogP contribution is -2.43. The van der Waals surface area contributed by atoms with Crippen LogP contribution < -0.4 is 15.0 Å². The second-order valence-electron chi connectivity index (χ2n) is 4.49. The number of para-hydroxylation sites is 1. The second kappa shape index (κ2) is 5.71. The van der Waals surface area contributed by atoms with Gasteiger partial charge in [-0.1, -0.05) is 24.3 Å². The van der Waals surface area contributed by atoms with Crippen molar-refractivity contribution in [2.45, 2.75) is 0 Å². The van der Waals surface area contributed by atoms with Gasteiger partial charge in [0.1, 0.15) is 11.6 Å². The van der Waals surface area contributed by atoms with E-state index >= 15 is 0 Å². The lowest BCUT2D eigenvalue weighted by atomic mass is 10.3. The van der Waals surface area contributed by atoms with Gasteiger partial charge in [0.25, 0.3) is 0 Å². The summed E-state index contributed by atoms with van der Waals surface area (Å²) in [5, 5.41) is 3.34. The molecule has 1 aromatic carbocycles. The lowest BCUT2D eigenvalue weighted by Gasteiger charge is -2.28. The first-order chi connectivity index (χ1) is 9.42. The summed E-state index contributed by atoms with van der Waals surface area (Å²) in [6.07, 6.45) is 0. The van der Waals surface area contributed by atoms with Crippen LogP contribution in [0.15, 0.2) is 48.5 Å². The zero-order chi connectivity index (χ0) is 12.9. The Morgan fingerprint density at radius 1 is 0.947 bits per heavy atom. The van der Waals surface area contributed by atoms with Crippen LogP contribution in [0.1, 0.15) is 0 Å². The Bertz CT molecular complexity index is 524. The summed E-state index contributed by atoms with van der Waals surface area (Å²) in [6, 6.07) is 15.6.